The molecule has 0 radical (unpaired) electrons. The van der Waals surface area contributed by atoms with Gasteiger partial charge in [-0.05, 0) is 25.8 Å². The summed E-state index contributed by atoms with van der Waals surface area (Å²) in [6, 6.07) is 1.09. The molecular weight excluding hydrogens is 353 g/mol. The molecule has 27 heavy (non-hydrogen) atoms. The average Bonchev–Trinajstić information content (AvgIpc) is 3.34. The number of methoxy groups -OCH3 is 1. The number of fused-ring (bicyclic) bond motifs is 1. The number of carbonyl (C=O) groups is 1. The zero-order valence-electron chi connectivity index (χ0n) is 15.3. The molecule has 1 unspecified atom stereocenters. The third-order valence-corrected chi connectivity index (χ3v) is 5.94. The van der Waals surface area contributed by atoms with Crippen LogP contribution in [-0.2, 0) is 6.54 Å². The molecule has 0 amide bonds. The van der Waals surface area contributed by atoms with Crippen molar-refractivity contribution in [2.24, 2.45) is 11.1 Å². The number of aromatic nitrogens is 1. The van der Waals surface area contributed by atoms with E-state index in [0.717, 1.165) is 18.9 Å². The van der Waals surface area contributed by atoms with Crippen LogP contribution >= 0.6 is 0 Å². The topological polar surface area (TPSA) is 97.8 Å². The number of ether oxygens (including phenoxy) is 1. The maximum absolute atomic E-state index is 15.1. The van der Waals surface area contributed by atoms with Crippen LogP contribution in [0.2, 0.25) is 0 Å². The van der Waals surface area contributed by atoms with Crippen molar-refractivity contribution in [2.75, 3.05) is 25.1 Å². The molecule has 1 saturated heterocycles. The van der Waals surface area contributed by atoms with E-state index in [1.54, 1.807) is 4.57 Å². The van der Waals surface area contributed by atoms with E-state index in [1.807, 2.05) is 11.8 Å². The normalized spacial score (nSPS) is 20.4. The second kappa shape index (κ2) is 5.95. The van der Waals surface area contributed by atoms with Gasteiger partial charge < -0.3 is 25.0 Å². The maximum Gasteiger partial charge on any atom is 0.341 e. The number of aromatic carboxylic acids is 1. The first-order valence-electron chi connectivity index (χ1n) is 9.00. The van der Waals surface area contributed by atoms with Crippen molar-refractivity contribution in [3.63, 3.8) is 0 Å². The Morgan fingerprint density at radius 1 is 1.48 bits per heavy atom. The summed E-state index contributed by atoms with van der Waals surface area (Å²) >= 11 is 0. The van der Waals surface area contributed by atoms with Crippen molar-refractivity contribution in [3.05, 3.63) is 33.9 Å². The van der Waals surface area contributed by atoms with E-state index < -0.39 is 22.8 Å². The van der Waals surface area contributed by atoms with Gasteiger partial charge in [-0.2, -0.15) is 0 Å². The number of benzene rings is 1. The Balaban J connectivity index is 1.99. The molecule has 2 heterocycles. The lowest BCUT2D eigenvalue weighted by Gasteiger charge is -2.24. The SMILES string of the molecule is CCn1cc(C(=O)O)c(=O)c2cc(F)c(N3CC(N)C4(CC4)C3)c(OC)c21. The van der Waals surface area contributed by atoms with Gasteiger partial charge in [0.25, 0.3) is 0 Å². The highest BCUT2D eigenvalue weighted by Crippen LogP contribution is 2.54. The van der Waals surface area contributed by atoms with Gasteiger partial charge in [0.1, 0.15) is 11.3 Å². The molecule has 1 aromatic carbocycles. The molecule has 2 aliphatic rings. The highest BCUT2D eigenvalue weighted by atomic mass is 19.1. The Morgan fingerprint density at radius 2 is 2.19 bits per heavy atom. The Kier molecular flexibility index (Phi) is 3.92. The predicted molar refractivity (Wildman–Crippen MR) is 99.2 cm³/mol. The lowest BCUT2D eigenvalue weighted by Crippen LogP contribution is -2.30. The largest absolute Gasteiger partial charge is 0.492 e. The second-order valence-electron chi connectivity index (χ2n) is 7.45. The van der Waals surface area contributed by atoms with Gasteiger partial charge in [0.2, 0.25) is 5.43 Å². The zero-order chi connectivity index (χ0) is 19.5. The Hall–Kier alpha value is -2.61. The summed E-state index contributed by atoms with van der Waals surface area (Å²) in [5, 5.41) is 9.30. The van der Waals surface area contributed by atoms with E-state index in [2.05, 4.69) is 0 Å². The molecule has 3 N–H and O–H groups in total. The van der Waals surface area contributed by atoms with E-state index in [1.165, 1.54) is 13.3 Å². The monoisotopic (exact) mass is 375 g/mol. The van der Waals surface area contributed by atoms with Crippen molar-refractivity contribution in [1.29, 1.82) is 0 Å². The summed E-state index contributed by atoms with van der Waals surface area (Å²) in [4.78, 5) is 25.9. The number of halogens is 1. The minimum absolute atomic E-state index is 0.000481. The van der Waals surface area contributed by atoms with Crippen LogP contribution in [0.25, 0.3) is 10.9 Å². The summed E-state index contributed by atoms with van der Waals surface area (Å²) in [5.41, 5.74) is 5.89. The standard InChI is InChI=1S/C19H22FN3O4/c1-3-22-7-11(18(25)26)16(24)10-6-12(20)15(17(27-2)14(10)22)23-8-13(21)19(9-23)4-5-19/h6-7,13H,3-5,8-9,21H2,1-2H3,(H,25,26). The van der Waals surface area contributed by atoms with Crippen molar-refractivity contribution in [2.45, 2.75) is 32.4 Å². The number of nitrogens with two attached hydrogens (primary N) is 1. The smallest absolute Gasteiger partial charge is 0.341 e. The quantitative estimate of drug-likeness (QED) is 0.846. The summed E-state index contributed by atoms with van der Waals surface area (Å²) < 4.78 is 22.3. The molecule has 144 valence electrons. The molecule has 2 fully saturated rings. The minimum Gasteiger partial charge on any atom is -0.492 e. The van der Waals surface area contributed by atoms with Gasteiger partial charge in [0, 0.05) is 37.3 Å². The van der Waals surface area contributed by atoms with Crippen molar-refractivity contribution in [3.8, 4) is 5.75 Å². The first-order chi connectivity index (χ1) is 12.8. The van der Waals surface area contributed by atoms with Crippen molar-refractivity contribution >= 4 is 22.6 Å². The van der Waals surface area contributed by atoms with Gasteiger partial charge in [-0.15, -0.1) is 0 Å². The Bertz CT molecular complexity index is 1010. The molecule has 0 bridgehead atoms. The zero-order valence-corrected chi connectivity index (χ0v) is 15.3. The highest BCUT2D eigenvalue weighted by molar-refractivity contribution is 5.97. The summed E-state index contributed by atoms with van der Waals surface area (Å²) in [6.45, 7) is 3.39. The van der Waals surface area contributed by atoms with Crippen LogP contribution in [0.3, 0.4) is 0 Å². The van der Waals surface area contributed by atoms with E-state index >= 15 is 4.39 Å². The third kappa shape index (κ3) is 2.50. The number of hydrogen-bond donors (Lipinski definition) is 2. The number of hydrogen-bond acceptors (Lipinski definition) is 5. The molecule has 1 spiro atoms. The van der Waals surface area contributed by atoms with Gasteiger partial charge >= 0.3 is 5.97 Å². The van der Waals surface area contributed by atoms with E-state index in [4.69, 9.17) is 10.5 Å². The number of carboxylic acid groups (broad SMARTS) is 1. The van der Waals surface area contributed by atoms with Gasteiger partial charge in [-0.1, -0.05) is 0 Å². The highest BCUT2D eigenvalue weighted by Gasteiger charge is 2.54. The second-order valence-corrected chi connectivity index (χ2v) is 7.45. The number of nitrogens with zero attached hydrogens (tertiary/aromatic N) is 2. The number of aryl methyl sites for hydroxylation is 1. The fraction of sp³-hybridized carbons (Fsp3) is 0.474. The molecule has 1 aliphatic carbocycles. The summed E-state index contributed by atoms with van der Waals surface area (Å²) in [6.07, 6.45) is 3.35. The third-order valence-electron chi connectivity index (χ3n) is 5.94. The number of pyridine rings is 1. The van der Waals surface area contributed by atoms with E-state index in [9.17, 15) is 14.7 Å². The molecule has 1 aromatic heterocycles. The van der Waals surface area contributed by atoms with Crippen LogP contribution in [0.4, 0.5) is 10.1 Å². The van der Waals surface area contributed by atoms with Crippen LogP contribution in [-0.4, -0.2) is 41.9 Å². The Morgan fingerprint density at radius 3 is 2.70 bits per heavy atom. The molecule has 2 aromatic rings. The van der Waals surface area contributed by atoms with Crippen LogP contribution in [0.15, 0.2) is 17.1 Å². The van der Waals surface area contributed by atoms with Crippen LogP contribution in [0.5, 0.6) is 5.75 Å². The number of carboxylic acids is 1. The van der Waals surface area contributed by atoms with E-state index in [-0.39, 0.29) is 28.3 Å². The Labute approximate surface area is 155 Å². The molecule has 4 rings (SSSR count). The maximum atomic E-state index is 15.1. The molecule has 1 saturated carbocycles. The molecular formula is C19H22FN3O4. The fourth-order valence-corrected chi connectivity index (χ4v) is 4.23. The fourth-order valence-electron chi connectivity index (χ4n) is 4.23. The van der Waals surface area contributed by atoms with Gasteiger partial charge in [-0.25, -0.2) is 9.18 Å². The average molecular weight is 375 g/mol. The first-order valence-corrected chi connectivity index (χ1v) is 9.00. The summed E-state index contributed by atoms with van der Waals surface area (Å²) in [5.74, 6) is -1.70. The number of anilines is 1. The molecule has 7 nitrogen and oxygen atoms in total. The van der Waals surface area contributed by atoms with Crippen LogP contribution in [0.1, 0.15) is 30.1 Å². The van der Waals surface area contributed by atoms with Crippen molar-refractivity contribution < 1.29 is 19.0 Å². The predicted octanol–water partition coefficient (Wildman–Crippen LogP) is 1.79. The lowest BCUT2D eigenvalue weighted by molar-refractivity contribution is 0.0695. The number of rotatable bonds is 4. The van der Waals surface area contributed by atoms with Gasteiger partial charge in [-0.3, -0.25) is 4.79 Å². The molecule has 8 heteroatoms. The lowest BCUT2D eigenvalue weighted by atomic mass is 10.0. The van der Waals surface area contributed by atoms with Crippen LogP contribution in [0, 0.1) is 11.2 Å². The van der Waals surface area contributed by atoms with Gasteiger partial charge in [0.05, 0.1) is 18.0 Å². The van der Waals surface area contributed by atoms with E-state index in [0.29, 0.717) is 25.2 Å². The van der Waals surface area contributed by atoms with Gasteiger partial charge in [0.15, 0.2) is 11.6 Å². The summed E-state index contributed by atoms with van der Waals surface area (Å²) in [7, 11) is 1.43. The first kappa shape index (κ1) is 17.8. The molecule has 1 atom stereocenters. The van der Waals surface area contributed by atoms with Crippen molar-refractivity contribution in [1.82, 2.24) is 4.57 Å². The minimum atomic E-state index is -1.34. The van der Waals surface area contributed by atoms with Crippen LogP contribution < -0.4 is 20.8 Å². The molecule has 1 aliphatic heterocycles.